The third kappa shape index (κ3) is 3.97. The first kappa shape index (κ1) is 12.0. The molecule has 0 heterocycles. The Morgan fingerprint density at radius 1 is 1.36 bits per heavy atom. The smallest absolute Gasteiger partial charge is 0.0466 e. The van der Waals surface area contributed by atoms with Crippen molar-refractivity contribution in [3.05, 3.63) is 0 Å². The van der Waals surface area contributed by atoms with Gasteiger partial charge in [0, 0.05) is 13.2 Å². The molecule has 0 aliphatic heterocycles. The lowest BCUT2D eigenvalue weighted by atomic mass is 9.87. The Bertz CT molecular complexity index is 132. The van der Waals surface area contributed by atoms with Crippen molar-refractivity contribution in [2.24, 2.45) is 17.6 Å². The quantitative estimate of drug-likeness (QED) is 0.640. The highest BCUT2D eigenvalue weighted by Gasteiger charge is 2.23. The fourth-order valence-electron chi connectivity index (χ4n) is 2.57. The highest BCUT2D eigenvalue weighted by molar-refractivity contribution is 4.75. The molecule has 0 bridgehead atoms. The largest absolute Gasteiger partial charge is 0.382 e. The average Bonchev–Trinajstić information content (AvgIpc) is 2.71. The average molecular weight is 199 g/mol. The standard InChI is InChI=1S/C12H25NO/c1-2-14-9-5-8-12(10-13)11-6-3-4-7-11/h11-12H,2-10,13H2,1H3. The van der Waals surface area contributed by atoms with Gasteiger partial charge in [0.25, 0.3) is 0 Å². The number of rotatable bonds is 7. The molecule has 0 amide bonds. The number of nitrogens with two attached hydrogens (primary N) is 1. The van der Waals surface area contributed by atoms with Crippen molar-refractivity contribution in [1.29, 1.82) is 0 Å². The fourth-order valence-corrected chi connectivity index (χ4v) is 2.57. The van der Waals surface area contributed by atoms with Crippen LogP contribution in [0.5, 0.6) is 0 Å². The molecular formula is C12H25NO. The summed E-state index contributed by atoms with van der Waals surface area (Å²) in [5, 5.41) is 0. The lowest BCUT2D eigenvalue weighted by molar-refractivity contribution is 0.136. The second-order valence-electron chi connectivity index (χ2n) is 4.38. The molecule has 0 saturated heterocycles. The van der Waals surface area contributed by atoms with E-state index in [4.69, 9.17) is 10.5 Å². The van der Waals surface area contributed by atoms with Crippen molar-refractivity contribution in [3.63, 3.8) is 0 Å². The molecule has 0 aromatic rings. The van der Waals surface area contributed by atoms with Gasteiger partial charge in [-0.05, 0) is 38.1 Å². The first-order valence-electron chi connectivity index (χ1n) is 6.16. The zero-order valence-corrected chi connectivity index (χ0v) is 9.50. The minimum absolute atomic E-state index is 0.762. The second-order valence-corrected chi connectivity index (χ2v) is 4.38. The Kier molecular flexibility index (Phi) is 6.20. The third-order valence-electron chi connectivity index (χ3n) is 3.44. The van der Waals surface area contributed by atoms with Gasteiger partial charge in [0.05, 0.1) is 0 Å². The van der Waals surface area contributed by atoms with Crippen LogP contribution in [0.2, 0.25) is 0 Å². The number of hydrogen-bond acceptors (Lipinski definition) is 2. The summed E-state index contributed by atoms with van der Waals surface area (Å²) in [5.41, 5.74) is 5.83. The molecule has 84 valence electrons. The van der Waals surface area contributed by atoms with Gasteiger partial charge < -0.3 is 10.5 Å². The van der Waals surface area contributed by atoms with Crippen molar-refractivity contribution >= 4 is 0 Å². The summed E-state index contributed by atoms with van der Waals surface area (Å²) in [5.74, 6) is 1.68. The first-order chi connectivity index (χ1) is 6.88. The zero-order valence-electron chi connectivity index (χ0n) is 9.50. The number of hydrogen-bond donors (Lipinski definition) is 1. The summed E-state index contributed by atoms with van der Waals surface area (Å²) in [4.78, 5) is 0. The molecule has 0 radical (unpaired) electrons. The van der Waals surface area contributed by atoms with Crippen molar-refractivity contribution < 1.29 is 4.74 Å². The van der Waals surface area contributed by atoms with Crippen LogP contribution in [0.25, 0.3) is 0 Å². The Labute approximate surface area is 88.2 Å². The zero-order chi connectivity index (χ0) is 10.2. The Hall–Kier alpha value is -0.0800. The molecule has 1 fully saturated rings. The van der Waals surface area contributed by atoms with E-state index in [9.17, 15) is 0 Å². The van der Waals surface area contributed by atoms with Crippen LogP contribution < -0.4 is 5.73 Å². The van der Waals surface area contributed by atoms with Crippen LogP contribution in [-0.4, -0.2) is 19.8 Å². The number of ether oxygens (including phenoxy) is 1. The molecule has 1 saturated carbocycles. The summed E-state index contributed by atoms with van der Waals surface area (Å²) in [6.07, 6.45) is 8.12. The van der Waals surface area contributed by atoms with Gasteiger partial charge in [-0.1, -0.05) is 25.7 Å². The lowest BCUT2D eigenvalue weighted by Crippen LogP contribution is -2.22. The summed E-state index contributed by atoms with van der Waals surface area (Å²) in [6.45, 7) is 4.69. The molecule has 1 atom stereocenters. The van der Waals surface area contributed by atoms with Crippen LogP contribution >= 0.6 is 0 Å². The van der Waals surface area contributed by atoms with E-state index in [1.165, 1.54) is 38.5 Å². The minimum Gasteiger partial charge on any atom is -0.382 e. The Morgan fingerprint density at radius 2 is 2.07 bits per heavy atom. The molecule has 1 aliphatic carbocycles. The van der Waals surface area contributed by atoms with Gasteiger partial charge in [-0.15, -0.1) is 0 Å². The molecule has 1 aliphatic rings. The third-order valence-corrected chi connectivity index (χ3v) is 3.44. The predicted octanol–water partition coefficient (Wildman–Crippen LogP) is 2.57. The van der Waals surface area contributed by atoms with E-state index in [0.717, 1.165) is 31.6 Å². The van der Waals surface area contributed by atoms with Gasteiger partial charge in [-0.25, -0.2) is 0 Å². The normalized spacial score (nSPS) is 20.1. The molecule has 2 heteroatoms. The van der Waals surface area contributed by atoms with Gasteiger partial charge in [0.2, 0.25) is 0 Å². The van der Waals surface area contributed by atoms with Crippen LogP contribution in [-0.2, 0) is 4.74 Å². The molecule has 0 aromatic heterocycles. The summed E-state index contributed by atoms with van der Waals surface area (Å²) < 4.78 is 5.35. The van der Waals surface area contributed by atoms with Crippen molar-refractivity contribution in [2.45, 2.75) is 45.4 Å². The van der Waals surface area contributed by atoms with Crippen molar-refractivity contribution in [3.8, 4) is 0 Å². The SMILES string of the molecule is CCOCCCC(CN)C1CCCC1. The molecule has 0 spiro atoms. The Balaban J connectivity index is 2.11. The van der Waals surface area contributed by atoms with E-state index in [1.54, 1.807) is 0 Å². The van der Waals surface area contributed by atoms with Crippen LogP contribution in [0.15, 0.2) is 0 Å². The molecular weight excluding hydrogens is 174 g/mol. The van der Waals surface area contributed by atoms with Crippen LogP contribution in [0.3, 0.4) is 0 Å². The van der Waals surface area contributed by atoms with Gasteiger partial charge in [0.1, 0.15) is 0 Å². The fraction of sp³-hybridized carbons (Fsp3) is 1.00. The highest BCUT2D eigenvalue weighted by atomic mass is 16.5. The molecule has 2 N–H and O–H groups in total. The van der Waals surface area contributed by atoms with E-state index in [0.29, 0.717) is 0 Å². The molecule has 1 rings (SSSR count). The van der Waals surface area contributed by atoms with Gasteiger partial charge in [-0.2, -0.15) is 0 Å². The lowest BCUT2D eigenvalue weighted by Gasteiger charge is -2.21. The second kappa shape index (κ2) is 7.24. The van der Waals surface area contributed by atoms with E-state index >= 15 is 0 Å². The molecule has 14 heavy (non-hydrogen) atoms. The van der Waals surface area contributed by atoms with E-state index in [2.05, 4.69) is 6.92 Å². The molecule has 0 aromatic carbocycles. The monoisotopic (exact) mass is 199 g/mol. The van der Waals surface area contributed by atoms with Crippen molar-refractivity contribution in [2.75, 3.05) is 19.8 Å². The van der Waals surface area contributed by atoms with Crippen LogP contribution in [0.1, 0.15) is 45.4 Å². The maximum atomic E-state index is 5.83. The first-order valence-corrected chi connectivity index (χ1v) is 6.16. The van der Waals surface area contributed by atoms with E-state index < -0.39 is 0 Å². The van der Waals surface area contributed by atoms with Gasteiger partial charge >= 0.3 is 0 Å². The van der Waals surface area contributed by atoms with Crippen molar-refractivity contribution in [1.82, 2.24) is 0 Å². The van der Waals surface area contributed by atoms with Crippen LogP contribution in [0.4, 0.5) is 0 Å². The maximum absolute atomic E-state index is 5.83. The van der Waals surface area contributed by atoms with Crippen LogP contribution in [0, 0.1) is 11.8 Å². The minimum atomic E-state index is 0.762. The molecule has 1 unspecified atom stereocenters. The van der Waals surface area contributed by atoms with E-state index in [1.807, 2.05) is 0 Å². The van der Waals surface area contributed by atoms with Gasteiger partial charge in [0.15, 0.2) is 0 Å². The summed E-state index contributed by atoms with van der Waals surface area (Å²) in [7, 11) is 0. The maximum Gasteiger partial charge on any atom is 0.0466 e. The van der Waals surface area contributed by atoms with E-state index in [-0.39, 0.29) is 0 Å². The summed E-state index contributed by atoms with van der Waals surface area (Å²) >= 11 is 0. The Morgan fingerprint density at radius 3 is 2.64 bits per heavy atom. The topological polar surface area (TPSA) is 35.2 Å². The van der Waals surface area contributed by atoms with Gasteiger partial charge in [-0.3, -0.25) is 0 Å². The summed E-state index contributed by atoms with van der Waals surface area (Å²) in [6, 6.07) is 0. The molecule has 2 nitrogen and oxygen atoms in total. The highest BCUT2D eigenvalue weighted by Crippen LogP contribution is 2.33. The predicted molar refractivity (Wildman–Crippen MR) is 60.2 cm³/mol.